The molecule has 3 nitrogen and oxygen atoms in total. The van der Waals surface area contributed by atoms with Gasteiger partial charge in [0.25, 0.3) is 0 Å². The third-order valence-electron chi connectivity index (χ3n) is 3.31. The fraction of sp³-hybridized carbons (Fsp3) is 0.769. The van der Waals surface area contributed by atoms with Crippen molar-refractivity contribution >= 4 is 5.91 Å². The third kappa shape index (κ3) is 4.24. The van der Waals surface area contributed by atoms with E-state index in [1.807, 2.05) is 7.05 Å². The van der Waals surface area contributed by atoms with Gasteiger partial charge in [0.05, 0.1) is 13.1 Å². The molecule has 1 rings (SSSR count). The van der Waals surface area contributed by atoms with Crippen LogP contribution in [0.1, 0.15) is 32.6 Å². The summed E-state index contributed by atoms with van der Waals surface area (Å²) in [6.45, 7) is 3.07. The molecule has 0 saturated heterocycles. The van der Waals surface area contributed by atoms with Crippen LogP contribution in [-0.2, 0) is 4.79 Å². The molecule has 1 saturated carbocycles. The van der Waals surface area contributed by atoms with Crippen LogP contribution in [0.3, 0.4) is 0 Å². The first-order valence-corrected chi connectivity index (χ1v) is 6.04. The summed E-state index contributed by atoms with van der Waals surface area (Å²) in [5.74, 6) is 3.22. The minimum absolute atomic E-state index is 0.0266. The second-order valence-electron chi connectivity index (χ2n) is 4.82. The molecule has 2 atom stereocenters. The summed E-state index contributed by atoms with van der Waals surface area (Å²) >= 11 is 0. The van der Waals surface area contributed by atoms with Crippen molar-refractivity contribution in [3.63, 3.8) is 0 Å². The van der Waals surface area contributed by atoms with Gasteiger partial charge in [0.15, 0.2) is 0 Å². The summed E-state index contributed by atoms with van der Waals surface area (Å²) in [7, 11) is 2.03. The molecule has 0 spiro atoms. The number of rotatable bonds is 4. The number of terminal acetylenes is 1. The number of hydrogen-bond donors (Lipinski definition) is 1. The smallest absolute Gasteiger partial charge is 0.234 e. The molecular weight excluding hydrogens is 200 g/mol. The SMILES string of the molecule is C#CCNC(=O)CN(C)C1CCCC(C)C1. The van der Waals surface area contributed by atoms with E-state index < -0.39 is 0 Å². The van der Waals surface area contributed by atoms with E-state index in [1.54, 1.807) is 0 Å². The summed E-state index contributed by atoms with van der Waals surface area (Å²) in [6.07, 6.45) is 10.1. The molecule has 0 aliphatic heterocycles. The van der Waals surface area contributed by atoms with E-state index in [4.69, 9.17) is 6.42 Å². The molecular formula is C13H22N2O. The zero-order chi connectivity index (χ0) is 12.0. The minimum atomic E-state index is 0.0266. The van der Waals surface area contributed by atoms with E-state index in [0.29, 0.717) is 19.1 Å². The second-order valence-corrected chi connectivity index (χ2v) is 4.82. The minimum Gasteiger partial charge on any atom is -0.344 e. The molecule has 0 radical (unpaired) electrons. The van der Waals surface area contributed by atoms with Gasteiger partial charge in [-0.25, -0.2) is 0 Å². The molecule has 1 N–H and O–H groups in total. The quantitative estimate of drug-likeness (QED) is 0.726. The largest absolute Gasteiger partial charge is 0.344 e. The second kappa shape index (κ2) is 6.55. The molecule has 1 fully saturated rings. The van der Waals surface area contributed by atoms with Crippen molar-refractivity contribution in [1.82, 2.24) is 10.2 Å². The molecule has 1 amide bonds. The van der Waals surface area contributed by atoms with E-state index in [0.717, 1.165) is 5.92 Å². The molecule has 16 heavy (non-hydrogen) atoms. The molecule has 90 valence electrons. The van der Waals surface area contributed by atoms with E-state index >= 15 is 0 Å². The zero-order valence-electron chi connectivity index (χ0n) is 10.3. The third-order valence-corrected chi connectivity index (χ3v) is 3.31. The van der Waals surface area contributed by atoms with Crippen molar-refractivity contribution in [3.8, 4) is 12.3 Å². The van der Waals surface area contributed by atoms with Gasteiger partial charge >= 0.3 is 0 Å². The van der Waals surface area contributed by atoms with Crippen LogP contribution in [0.25, 0.3) is 0 Å². The molecule has 0 aromatic rings. The standard InChI is InChI=1S/C13H22N2O/c1-4-8-14-13(16)10-15(3)12-7-5-6-11(2)9-12/h1,11-12H,5-10H2,2-3H3,(H,14,16). The number of amides is 1. The Balaban J connectivity index is 2.31. The van der Waals surface area contributed by atoms with Crippen molar-refractivity contribution in [1.29, 1.82) is 0 Å². The predicted molar refractivity (Wildman–Crippen MR) is 65.9 cm³/mol. The van der Waals surface area contributed by atoms with Gasteiger partial charge in [-0.05, 0) is 25.8 Å². The maximum absolute atomic E-state index is 11.5. The van der Waals surface area contributed by atoms with Gasteiger partial charge in [-0.3, -0.25) is 9.69 Å². The maximum Gasteiger partial charge on any atom is 0.234 e. The highest BCUT2D eigenvalue weighted by Crippen LogP contribution is 2.26. The number of hydrogen-bond acceptors (Lipinski definition) is 2. The number of likely N-dealkylation sites (N-methyl/N-ethyl adjacent to an activating group) is 1. The first kappa shape index (κ1) is 13.1. The lowest BCUT2D eigenvalue weighted by Gasteiger charge is -2.33. The van der Waals surface area contributed by atoms with Crippen LogP contribution in [0.5, 0.6) is 0 Å². The number of nitrogens with zero attached hydrogens (tertiary/aromatic N) is 1. The van der Waals surface area contributed by atoms with Gasteiger partial charge in [-0.15, -0.1) is 6.42 Å². The monoisotopic (exact) mass is 222 g/mol. The van der Waals surface area contributed by atoms with Gasteiger partial charge in [-0.1, -0.05) is 25.7 Å². The van der Waals surface area contributed by atoms with Gasteiger partial charge in [0.1, 0.15) is 0 Å². The van der Waals surface area contributed by atoms with Gasteiger partial charge in [0.2, 0.25) is 5.91 Å². The topological polar surface area (TPSA) is 32.3 Å². The Morgan fingerprint density at radius 3 is 2.94 bits per heavy atom. The Labute approximate surface area is 98.6 Å². The van der Waals surface area contributed by atoms with Crippen LogP contribution >= 0.6 is 0 Å². The van der Waals surface area contributed by atoms with Crippen LogP contribution in [0.2, 0.25) is 0 Å². The molecule has 1 aliphatic rings. The molecule has 1 aliphatic carbocycles. The molecule has 0 bridgehead atoms. The molecule has 2 unspecified atom stereocenters. The van der Waals surface area contributed by atoms with E-state index in [-0.39, 0.29) is 5.91 Å². The van der Waals surface area contributed by atoms with Gasteiger partial charge in [0, 0.05) is 6.04 Å². The summed E-state index contributed by atoms with van der Waals surface area (Å²) in [6, 6.07) is 0.556. The summed E-state index contributed by atoms with van der Waals surface area (Å²) in [5.41, 5.74) is 0. The summed E-state index contributed by atoms with van der Waals surface area (Å²) in [4.78, 5) is 13.6. The Morgan fingerprint density at radius 2 is 2.31 bits per heavy atom. The van der Waals surface area contributed by atoms with Gasteiger partial charge < -0.3 is 5.32 Å². The average Bonchev–Trinajstić information content (AvgIpc) is 2.26. The average molecular weight is 222 g/mol. The Bertz CT molecular complexity index is 270. The highest BCUT2D eigenvalue weighted by atomic mass is 16.2. The lowest BCUT2D eigenvalue weighted by Crippen LogP contribution is -2.42. The Hall–Kier alpha value is -1.01. The van der Waals surface area contributed by atoms with E-state index in [1.165, 1.54) is 25.7 Å². The Morgan fingerprint density at radius 1 is 1.56 bits per heavy atom. The predicted octanol–water partition coefficient (Wildman–Crippen LogP) is 1.25. The normalized spacial score (nSPS) is 25.1. The fourth-order valence-electron chi connectivity index (χ4n) is 2.36. The first-order valence-electron chi connectivity index (χ1n) is 6.04. The van der Waals surface area contributed by atoms with Crippen LogP contribution in [0.15, 0.2) is 0 Å². The number of carbonyl (C=O) groups excluding carboxylic acids is 1. The van der Waals surface area contributed by atoms with Crippen molar-refractivity contribution in [2.75, 3.05) is 20.1 Å². The molecule has 0 aromatic heterocycles. The van der Waals surface area contributed by atoms with Crippen LogP contribution in [-0.4, -0.2) is 37.0 Å². The lowest BCUT2D eigenvalue weighted by atomic mass is 9.86. The Kier molecular flexibility index (Phi) is 5.34. The lowest BCUT2D eigenvalue weighted by molar-refractivity contribution is -0.122. The number of carbonyl (C=O) groups is 1. The fourth-order valence-corrected chi connectivity index (χ4v) is 2.36. The first-order chi connectivity index (χ1) is 7.63. The zero-order valence-corrected chi connectivity index (χ0v) is 10.3. The van der Waals surface area contributed by atoms with Crippen molar-refractivity contribution < 1.29 is 4.79 Å². The van der Waals surface area contributed by atoms with E-state index in [2.05, 4.69) is 23.1 Å². The van der Waals surface area contributed by atoms with Gasteiger partial charge in [-0.2, -0.15) is 0 Å². The van der Waals surface area contributed by atoms with Crippen molar-refractivity contribution in [2.24, 2.45) is 5.92 Å². The molecule has 0 heterocycles. The maximum atomic E-state index is 11.5. The highest BCUT2D eigenvalue weighted by Gasteiger charge is 2.23. The summed E-state index contributed by atoms with van der Waals surface area (Å²) in [5, 5.41) is 2.70. The van der Waals surface area contributed by atoms with Crippen LogP contribution < -0.4 is 5.32 Å². The highest BCUT2D eigenvalue weighted by molar-refractivity contribution is 5.78. The van der Waals surface area contributed by atoms with E-state index in [9.17, 15) is 4.79 Å². The summed E-state index contributed by atoms with van der Waals surface area (Å²) < 4.78 is 0. The van der Waals surface area contributed by atoms with Crippen molar-refractivity contribution in [3.05, 3.63) is 0 Å². The van der Waals surface area contributed by atoms with Crippen LogP contribution in [0, 0.1) is 18.3 Å². The van der Waals surface area contributed by atoms with Crippen LogP contribution in [0.4, 0.5) is 0 Å². The number of nitrogens with one attached hydrogen (secondary N) is 1. The van der Waals surface area contributed by atoms with Crippen molar-refractivity contribution in [2.45, 2.75) is 38.6 Å². The molecule has 3 heteroatoms. The molecule has 0 aromatic carbocycles.